The monoisotopic (exact) mass is 120 g/mol. The fourth-order valence-corrected chi connectivity index (χ4v) is 0.214. The number of aliphatic hydroxyl groups is 1. The van der Waals surface area contributed by atoms with Crippen molar-refractivity contribution < 1.29 is 19.7 Å². The third-order valence-electron chi connectivity index (χ3n) is 0.337. The van der Waals surface area contributed by atoms with Crippen LogP contribution < -0.4 is 0 Å². The Bertz CT molecular complexity index is 90.7. The molecule has 0 spiro atoms. The van der Waals surface area contributed by atoms with Crippen LogP contribution in [0.3, 0.4) is 0 Å². The summed E-state index contributed by atoms with van der Waals surface area (Å²) in [5.74, 6) is -1.58. The van der Waals surface area contributed by atoms with Gasteiger partial charge in [0.15, 0.2) is 0 Å². The Morgan fingerprint density at radius 1 is 1.62 bits per heavy atom. The summed E-state index contributed by atoms with van der Waals surface area (Å²) in [6.07, 6.45) is -1.47. The van der Waals surface area contributed by atoms with Gasteiger partial charge in [0.1, 0.15) is 0 Å². The second-order valence-electron chi connectivity index (χ2n) is 1.81. The van der Waals surface area contributed by atoms with E-state index in [1.807, 2.05) is 0 Å². The Hall–Kier alpha value is -0.770. The van der Waals surface area contributed by atoms with Crippen molar-refractivity contribution in [2.75, 3.05) is 0 Å². The molecule has 0 aliphatic carbocycles. The van der Waals surface area contributed by atoms with Gasteiger partial charge in [-0.15, -0.1) is 0 Å². The quantitative estimate of drug-likeness (QED) is 0.388. The van der Waals surface area contributed by atoms with Crippen molar-refractivity contribution in [3.63, 3.8) is 0 Å². The van der Waals surface area contributed by atoms with Gasteiger partial charge in [0.2, 0.25) is 5.79 Å². The first-order valence-electron chi connectivity index (χ1n) is 2.06. The molecular formula is C4H8O4. The van der Waals surface area contributed by atoms with Crippen LogP contribution in [0.5, 0.6) is 0 Å². The lowest BCUT2D eigenvalue weighted by molar-refractivity contribution is -0.144. The summed E-state index contributed by atoms with van der Waals surface area (Å²) in [4.78, 5) is 9.63. The van der Waals surface area contributed by atoms with Crippen molar-refractivity contribution in [1.82, 2.24) is 0 Å². The normalized spacial score (nSPS) is 10.9. The first kappa shape index (κ1) is 7.23. The molecule has 2 N–H and O–H groups in total. The molecule has 0 rings (SSSR count). The van der Waals surface area contributed by atoms with E-state index in [-0.39, 0.29) is 0 Å². The largest absolute Gasteiger partial charge is 0.508 e. The molecule has 0 aromatic carbocycles. The van der Waals surface area contributed by atoms with Gasteiger partial charge in [-0.25, -0.2) is 4.79 Å². The van der Waals surface area contributed by atoms with Crippen LogP contribution in [-0.2, 0) is 4.74 Å². The first-order valence-corrected chi connectivity index (χ1v) is 2.06. The molecule has 4 nitrogen and oxygen atoms in total. The number of carbonyl (C=O) groups is 1. The molecule has 0 aliphatic heterocycles. The molecule has 0 amide bonds. The van der Waals surface area contributed by atoms with Crippen LogP contribution in [0.15, 0.2) is 0 Å². The number of ether oxygens (including phenoxy) is 1. The summed E-state index contributed by atoms with van der Waals surface area (Å²) >= 11 is 0. The molecule has 48 valence electrons. The minimum absolute atomic E-state index is 1.24. The molecule has 0 unspecified atom stereocenters. The molecule has 0 aromatic rings. The highest BCUT2D eigenvalue weighted by Gasteiger charge is 2.16. The molecule has 0 heterocycles. The van der Waals surface area contributed by atoms with Gasteiger partial charge in [-0.1, -0.05) is 0 Å². The van der Waals surface area contributed by atoms with Crippen molar-refractivity contribution in [1.29, 1.82) is 0 Å². The van der Waals surface area contributed by atoms with Gasteiger partial charge in [-0.3, -0.25) is 0 Å². The Balaban J connectivity index is 3.55. The van der Waals surface area contributed by atoms with Gasteiger partial charge in [0, 0.05) is 13.8 Å². The van der Waals surface area contributed by atoms with Crippen LogP contribution in [0, 0.1) is 0 Å². The maximum atomic E-state index is 9.63. The highest BCUT2D eigenvalue weighted by atomic mass is 16.7. The van der Waals surface area contributed by atoms with Crippen LogP contribution in [0.25, 0.3) is 0 Å². The molecule has 0 atom stereocenters. The molecule has 4 heteroatoms. The standard InChI is InChI=1S/C4H8O4/c1-4(2,7)8-3(5)6/h7H,1-2H3,(H,5,6). The molecule has 0 aliphatic rings. The van der Waals surface area contributed by atoms with E-state index < -0.39 is 11.9 Å². The van der Waals surface area contributed by atoms with Crippen molar-refractivity contribution in [2.24, 2.45) is 0 Å². The SMILES string of the molecule is CC(C)(O)OC(=O)O. The maximum absolute atomic E-state index is 9.63. The number of hydrogen-bond acceptors (Lipinski definition) is 3. The van der Waals surface area contributed by atoms with E-state index in [2.05, 4.69) is 4.74 Å². The molecule has 0 saturated heterocycles. The van der Waals surface area contributed by atoms with Crippen molar-refractivity contribution >= 4 is 6.16 Å². The topological polar surface area (TPSA) is 66.8 Å². The van der Waals surface area contributed by atoms with E-state index in [0.717, 1.165) is 0 Å². The summed E-state index contributed by atoms with van der Waals surface area (Å²) in [5, 5.41) is 16.5. The van der Waals surface area contributed by atoms with Crippen molar-refractivity contribution in [3.8, 4) is 0 Å². The number of rotatable bonds is 1. The zero-order chi connectivity index (χ0) is 6.78. The summed E-state index contributed by atoms with van der Waals surface area (Å²) in [7, 11) is 0. The zero-order valence-electron chi connectivity index (χ0n) is 4.71. The molecule has 0 saturated carbocycles. The van der Waals surface area contributed by atoms with E-state index in [1.54, 1.807) is 0 Å². The summed E-state index contributed by atoms with van der Waals surface area (Å²) in [6.45, 7) is 2.47. The zero-order valence-corrected chi connectivity index (χ0v) is 4.71. The summed E-state index contributed by atoms with van der Waals surface area (Å²) < 4.78 is 3.91. The smallest absolute Gasteiger partial charge is 0.450 e. The van der Waals surface area contributed by atoms with E-state index >= 15 is 0 Å². The lowest BCUT2D eigenvalue weighted by atomic mass is 10.4. The molecular weight excluding hydrogens is 112 g/mol. The van der Waals surface area contributed by atoms with Gasteiger partial charge >= 0.3 is 6.16 Å². The van der Waals surface area contributed by atoms with E-state index in [1.165, 1.54) is 13.8 Å². The lowest BCUT2D eigenvalue weighted by Gasteiger charge is -2.14. The molecule has 0 radical (unpaired) electrons. The minimum Gasteiger partial charge on any atom is -0.450 e. The van der Waals surface area contributed by atoms with Gasteiger partial charge in [0.25, 0.3) is 0 Å². The third kappa shape index (κ3) is 5.23. The van der Waals surface area contributed by atoms with Gasteiger partial charge < -0.3 is 14.9 Å². The average Bonchev–Trinajstić information content (AvgIpc) is 1.21. The average molecular weight is 120 g/mol. The third-order valence-corrected chi connectivity index (χ3v) is 0.337. The minimum atomic E-state index is -1.58. The summed E-state index contributed by atoms with van der Waals surface area (Å²) in [6, 6.07) is 0. The maximum Gasteiger partial charge on any atom is 0.508 e. The highest BCUT2D eigenvalue weighted by molar-refractivity contribution is 5.57. The van der Waals surface area contributed by atoms with Crippen molar-refractivity contribution in [3.05, 3.63) is 0 Å². The van der Waals surface area contributed by atoms with Crippen LogP contribution in [-0.4, -0.2) is 22.2 Å². The molecule has 8 heavy (non-hydrogen) atoms. The van der Waals surface area contributed by atoms with Crippen LogP contribution in [0.4, 0.5) is 4.79 Å². The van der Waals surface area contributed by atoms with Crippen LogP contribution in [0.1, 0.15) is 13.8 Å². The highest BCUT2D eigenvalue weighted by Crippen LogP contribution is 2.01. The Kier molecular flexibility index (Phi) is 1.81. The predicted molar refractivity (Wildman–Crippen MR) is 25.4 cm³/mol. The second kappa shape index (κ2) is 2.00. The second-order valence-corrected chi connectivity index (χ2v) is 1.81. The van der Waals surface area contributed by atoms with E-state index in [4.69, 9.17) is 10.2 Å². The van der Waals surface area contributed by atoms with E-state index in [9.17, 15) is 4.79 Å². The van der Waals surface area contributed by atoms with E-state index in [0.29, 0.717) is 0 Å². The van der Waals surface area contributed by atoms with Crippen molar-refractivity contribution in [2.45, 2.75) is 19.6 Å². The lowest BCUT2D eigenvalue weighted by Crippen LogP contribution is -2.25. The Labute approximate surface area is 46.7 Å². The molecule has 0 aromatic heterocycles. The van der Waals surface area contributed by atoms with Crippen LogP contribution in [0.2, 0.25) is 0 Å². The number of carboxylic acid groups (broad SMARTS) is 1. The predicted octanol–water partition coefficient (Wildman–Crippen LogP) is 0.409. The fraction of sp³-hybridized carbons (Fsp3) is 0.750. The summed E-state index contributed by atoms with van der Waals surface area (Å²) in [5.41, 5.74) is 0. The Morgan fingerprint density at radius 3 is 2.00 bits per heavy atom. The van der Waals surface area contributed by atoms with Gasteiger partial charge in [-0.05, 0) is 0 Å². The fourth-order valence-electron chi connectivity index (χ4n) is 0.214. The van der Waals surface area contributed by atoms with Crippen LogP contribution >= 0.6 is 0 Å². The van der Waals surface area contributed by atoms with Gasteiger partial charge in [0.05, 0.1) is 0 Å². The molecule has 0 bridgehead atoms. The number of hydrogen-bond donors (Lipinski definition) is 2. The first-order chi connectivity index (χ1) is 3.42. The van der Waals surface area contributed by atoms with Gasteiger partial charge in [-0.2, -0.15) is 0 Å². The molecule has 0 fully saturated rings. The Morgan fingerprint density at radius 2 is 2.00 bits per heavy atom.